The Morgan fingerprint density at radius 2 is 2.07 bits per heavy atom. The van der Waals surface area contributed by atoms with Crippen molar-refractivity contribution in [1.29, 1.82) is 0 Å². The number of carbonyl (C=O) groups is 2. The number of amides is 1. The van der Waals surface area contributed by atoms with Gasteiger partial charge < -0.3 is 9.30 Å². The summed E-state index contributed by atoms with van der Waals surface area (Å²) in [6, 6.07) is 10.1. The first-order valence-corrected chi connectivity index (χ1v) is 11.2. The molecule has 1 aromatic carbocycles. The fraction of sp³-hybridized carbons (Fsp3) is 0.381. The molecule has 28 heavy (non-hydrogen) atoms. The van der Waals surface area contributed by atoms with Crippen molar-refractivity contribution in [2.75, 3.05) is 6.61 Å². The van der Waals surface area contributed by atoms with Crippen LogP contribution in [0.4, 0.5) is 0 Å². The Morgan fingerprint density at radius 3 is 2.79 bits per heavy atom. The van der Waals surface area contributed by atoms with Crippen LogP contribution < -0.4 is 4.80 Å². The van der Waals surface area contributed by atoms with Gasteiger partial charge in [-0.1, -0.05) is 36.8 Å². The van der Waals surface area contributed by atoms with E-state index in [0.29, 0.717) is 11.4 Å². The Morgan fingerprint density at radius 1 is 1.21 bits per heavy atom. The van der Waals surface area contributed by atoms with E-state index in [1.54, 1.807) is 11.5 Å². The minimum atomic E-state index is -0.329. The highest BCUT2D eigenvalue weighted by atomic mass is 32.1. The summed E-state index contributed by atoms with van der Waals surface area (Å²) in [5.74, 6) is -0.540. The predicted molar refractivity (Wildman–Crippen MR) is 114 cm³/mol. The molecule has 148 valence electrons. The van der Waals surface area contributed by atoms with E-state index in [-0.39, 0.29) is 24.8 Å². The average Bonchev–Trinajstić information content (AvgIpc) is 3.28. The molecule has 0 spiro atoms. The van der Waals surface area contributed by atoms with E-state index in [1.165, 1.54) is 28.2 Å². The molecule has 2 aromatic heterocycles. The molecule has 0 bridgehead atoms. The standard InChI is InChI=1S/C21H24N2O3S2/c1-3-5-7-15-9-10-17-18(12-15)28-21(23(17)14-20(25)26-4-2)22-19(24)13-16-8-6-11-27-16/h6,8-12H,3-5,7,13-14H2,1-2H3. The van der Waals surface area contributed by atoms with Crippen molar-refractivity contribution in [2.45, 2.75) is 46.1 Å². The third-order valence-corrected chi connectivity index (χ3v) is 6.20. The summed E-state index contributed by atoms with van der Waals surface area (Å²) in [5, 5.41) is 1.95. The number of hydrogen-bond donors (Lipinski definition) is 0. The molecule has 0 atom stereocenters. The van der Waals surface area contributed by atoms with Gasteiger partial charge in [0.25, 0.3) is 5.91 Å². The highest BCUT2D eigenvalue weighted by Crippen LogP contribution is 2.21. The Bertz CT molecular complexity index is 1020. The lowest BCUT2D eigenvalue weighted by atomic mass is 10.1. The Balaban J connectivity index is 1.98. The molecule has 0 fully saturated rings. The molecular formula is C21H24N2O3S2. The fourth-order valence-electron chi connectivity index (χ4n) is 2.94. The maximum absolute atomic E-state index is 12.4. The number of aryl methyl sites for hydroxylation is 1. The van der Waals surface area contributed by atoms with Gasteiger partial charge in [0.05, 0.1) is 23.2 Å². The van der Waals surface area contributed by atoms with Gasteiger partial charge in [0.15, 0.2) is 4.80 Å². The zero-order valence-electron chi connectivity index (χ0n) is 16.1. The second-order valence-electron chi connectivity index (χ2n) is 6.44. The number of benzene rings is 1. The molecule has 0 saturated carbocycles. The first-order valence-electron chi connectivity index (χ1n) is 9.48. The van der Waals surface area contributed by atoms with Gasteiger partial charge in [-0.15, -0.1) is 11.3 Å². The van der Waals surface area contributed by atoms with Gasteiger partial charge in [-0.2, -0.15) is 4.99 Å². The summed E-state index contributed by atoms with van der Waals surface area (Å²) in [7, 11) is 0. The zero-order valence-corrected chi connectivity index (χ0v) is 17.8. The molecule has 3 aromatic rings. The molecule has 0 aliphatic rings. The van der Waals surface area contributed by atoms with Crippen LogP contribution in [0, 0.1) is 0 Å². The van der Waals surface area contributed by atoms with Crippen molar-refractivity contribution in [1.82, 2.24) is 4.57 Å². The van der Waals surface area contributed by atoms with Gasteiger partial charge in [-0.3, -0.25) is 9.59 Å². The van der Waals surface area contributed by atoms with Gasteiger partial charge in [0.1, 0.15) is 6.54 Å². The van der Waals surface area contributed by atoms with Crippen LogP contribution in [0.25, 0.3) is 10.2 Å². The van der Waals surface area contributed by atoms with Crippen LogP contribution in [-0.4, -0.2) is 23.1 Å². The van der Waals surface area contributed by atoms with Crippen LogP contribution >= 0.6 is 22.7 Å². The first kappa shape index (κ1) is 20.5. The average molecular weight is 417 g/mol. The van der Waals surface area contributed by atoms with E-state index in [4.69, 9.17) is 4.74 Å². The number of rotatable bonds is 8. The molecule has 0 aliphatic heterocycles. The number of hydrogen-bond acceptors (Lipinski definition) is 5. The van der Waals surface area contributed by atoms with Crippen LogP contribution in [0.2, 0.25) is 0 Å². The number of ether oxygens (including phenoxy) is 1. The molecule has 5 nitrogen and oxygen atoms in total. The number of unbranched alkanes of at least 4 members (excludes halogenated alkanes) is 1. The molecule has 7 heteroatoms. The van der Waals surface area contributed by atoms with Crippen LogP contribution in [0.5, 0.6) is 0 Å². The van der Waals surface area contributed by atoms with Crippen LogP contribution in [0.1, 0.15) is 37.1 Å². The third kappa shape index (κ3) is 5.17. The molecule has 1 amide bonds. The minimum absolute atomic E-state index is 0.0489. The monoisotopic (exact) mass is 416 g/mol. The van der Waals surface area contributed by atoms with E-state index in [1.807, 2.05) is 23.6 Å². The van der Waals surface area contributed by atoms with Crippen molar-refractivity contribution in [3.8, 4) is 0 Å². The van der Waals surface area contributed by atoms with Gasteiger partial charge in [-0.25, -0.2) is 0 Å². The molecule has 0 saturated heterocycles. The fourth-order valence-corrected chi connectivity index (χ4v) is 4.74. The highest BCUT2D eigenvalue weighted by Gasteiger charge is 2.13. The lowest BCUT2D eigenvalue weighted by molar-refractivity contribution is -0.143. The minimum Gasteiger partial charge on any atom is -0.465 e. The largest absolute Gasteiger partial charge is 0.465 e. The van der Waals surface area contributed by atoms with Gasteiger partial charge >= 0.3 is 5.97 Å². The number of thiazole rings is 1. The molecule has 2 heterocycles. The summed E-state index contributed by atoms with van der Waals surface area (Å²) in [5.41, 5.74) is 2.16. The van der Waals surface area contributed by atoms with Crippen molar-refractivity contribution < 1.29 is 14.3 Å². The number of nitrogens with zero attached hydrogens (tertiary/aromatic N) is 2. The molecule has 3 rings (SSSR count). The summed E-state index contributed by atoms with van der Waals surface area (Å²) < 4.78 is 7.92. The van der Waals surface area contributed by atoms with Crippen molar-refractivity contribution in [3.63, 3.8) is 0 Å². The molecular weight excluding hydrogens is 392 g/mol. The topological polar surface area (TPSA) is 60.7 Å². The maximum atomic E-state index is 12.4. The molecule has 0 aliphatic carbocycles. The van der Waals surface area contributed by atoms with E-state index < -0.39 is 0 Å². The normalized spacial score (nSPS) is 11.9. The summed E-state index contributed by atoms with van der Waals surface area (Å²) >= 11 is 2.98. The van der Waals surface area contributed by atoms with Gasteiger partial charge in [-0.05, 0) is 48.9 Å². The number of thiophene rings is 1. The van der Waals surface area contributed by atoms with Crippen LogP contribution in [0.15, 0.2) is 40.7 Å². The lowest BCUT2D eigenvalue weighted by Gasteiger charge is -2.06. The van der Waals surface area contributed by atoms with Crippen molar-refractivity contribution >= 4 is 44.8 Å². The second kappa shape index (κ2) is 9.80. The first-order chi connectivity index (χ1) is 13.6. The Hall–Kier alpha value is -2.25. The molecule has 0 N–H and O–H groups in total. The van der Waals surface area contributed by atoms with Gasteiger partial charge in [0, 0.05) is 4.88 Å². The van der Waals surface area contributed by atoms with E-state index in [2.05, 4.69) is 24.0 Å². The Kier molecular flexibility index (Phi) is 7.17. The summed E-state index contributed by atoms with van der Waals surface area (Å²) in [4.78, 5) is 30.4. The Labute approximate surface area is 172 Å². The van der Waals surface area contributed by atoms with Crippen LogP contribution in [-0.2, 0) is 33.7 Å². The quantitative estimate of drug-likeness (QED) is 0.513. The lowest BCUT2D eigenvalue weighted by Crippen LogP contribution is -2.23. The zero-order chi connectivity index (χ0) is 19.9. The van der Waals surface area contributed by atoms with E-state index >= 15 is 0 Å². The van der Waals surface area contributed by atoms with Crippen molar-refractivity contribution in [2.24, 2.45) is 4.99 Å². The van der Waals surface area contributed by atoms with Crippen LogP contribution in [0.3, 0.4) is 0 Å². The van der Waals surface area contributed by atoms with Gasteiger partial charge in [0.2, 0.25) is 0 Å². The van der Waals surface area contributed by atoms with E-state index in [0.717, 1.165) is 34.4 Å². The smallest absolute Gasteiger partial charge is 0.326 e. The van der Waals surface area contributed by atoms with Crippen molar-refractivity contribution in [3.05, 3.63) is 51.0 Å². The molecule has 0 radical (unpaired) electrons. The SMILES string of the molecule is CCCCc1ccc2c(c1)sc(=NC(=O)Cc1cccs1)n2CC(=O)OCC. The maximum Gasteiger partial charge on any atom is 0.326 e. The predicted octanol–water partition coefficient (Wildman–Crippen LogP) is 4.34. The number of aromatic nitrogens is 1. The second-order valence-corrected chi connectivity index (χ2v) is 8.48. The number of esters is 1. The highest BCUT2D eigenvalue weighted by molar-refractivity contribution is 7.16. The third-order valence-electron chi connectivity index (χ3n) is 4.28. The van der Waals surface area contributed by atoms with E-state index in [9.17, 15) is 9.59 Å². The summed E-state index contributed by atoms with van der Waals surface area (Å²) in [6.07, 6.45) is 3.57. The number of carbonyl (C=O) groups excluding carboxylic acids is 2. The number of fused-ring (bicyclic) bond motifs is 1. The molecule has 0 unspecified atom stereocenters. The summed E-state index contributed by atoms with van der Waals surface area (Å²) in [6.45, 7) is 4.33.